The number of esters is 8. The van der Waals surface area contributed by atoms with Crippen molar-refractivity contribution in [1.82, 2.24) is 0 Å². The van der Waals surface area contributed by atoms with Crippen molar-refractivity contribution in [3.05, 3.63) is 0 Å². The van der Waals surface area contributed by atoms with Gasteiger partial charge in [0.05, 0.1) is 17.4 Å². The van der Waals surface area contributed by atoms with Gasteiger partial charge in [-0.15, -0.1) is 0 Å². The lowest BCUT2D eigenvalue weighted by molar-refractivity contribution is -0.306. The van der Waals surface area contributed by atoms with E-state index in [1.165, 1.54) is 25.7 Å². The van der Waals surface area contributed by atoms with Gasteiger partial charge >= 0.3 is 47.8 Å². The number of carbonyl (C=O) groups is 9. The van der Waals surface area contributed by atoms with Crippen LogP contribution in [0, 0.1) is 22.2 Å². The van der Waals surface area contributed by atoms with E-state index in [4.69, 9.17) is 37.9 Å². The number of ether oxygens (including phenoxy) is 8. The zero-order valence-corrected chi connectivity index (χ0v) is 59.4. The number of rotatable bonds is 65. The Hall–Kier alpha value is -4.77. The molecule has 0 radical (unpaired) electrons. The minimum Gasteiger partial charge on any atom is -0.550 e. The Labute approximate surface area is 557 Å². The SMILES string of the molecule is CCCCCCCCCC(=O)OCC(CC)(COC(=O)CCCCCCCCC)COC(=O)CCCCC(=O)OCC(CCCC(=O)[O-])(CC(CC)COC(=O)CCCCCCC)C(=O)OCC(CC)(COC(=O)CCCCCCC)COC(=O)CCCCCCC. The molecular weight excluding hydrogens is 1180 g/mol. The van der Waals surface area contributed by atoms with E-state index >= 15 is 4.79 Å². The topological polar surface area (TPSA) is 251 Å². The van der Waals surface area contributed by atoms with E-state index in [9.17, 15) is 43.5 Å². The van der Waals surface area contributed by atoms with Gasteiger partial charge in [0.15, 0.2) is 0 Å². The van der Waals surface area contributed by atoms with Crippen molar-refractivity contribution in [2.75, 3.05) is 52.9 Å². The Morgan fingerprint density at radius 3 is 0.815 bits per heavy atom. The molecular formula is C74H131O18-. The predicted molar refractivity (Wildman–Crippen MR) is 357 cm³/mol. The van der Waals surface area contributed by atoms with E-state index in [-0.39, 0.29) is 148 Å². The highest BCUT2D eigenvalue weighted by Gasteiger charge is 2.45. The molecule has 0 rings (SSSR count). The summed E-state index contributed by atoms with van der Waals surface area (Å²) in [6, 6.07) is 0. The number of carboxylic acids is 1. The Morgan fingerprint density at radius 1 is 0.293 bits per heavy atom. The van der Waals surface area contributed by atoms with Crippen molar-refractivity contribution in [1.29, 1.82) is 0 Å². The summed E-state index contributed by atoms with van der Waals surface area (Å²) in [5.41, 5.74) is -3.82. The van der Waals surface area contributed by atoms with Gasteiger partial charge in [-0.05, 0) is 89.4 Å². The number of carbonyl (C=O) groups excluding carboxylic acids is 9. The first-order chi connectivity index (χ1) is 44.4. The largest absolute Gasteiger partial charge is 0.550 e. The van der Waals surface area contributed by atoms with E-state index in [1.54, 1.807) is 0 Å². The summed E-state index contributed by atoms with van der Waals surface area (Å²) < 4.78 is 47.0. The van der Waals surface area contributed by atoms with Crippen LogP contribution in [0.5, 0.6) is 0 Å². The van der Waals surface area contributed by atoms with Crippen LogP contribution < -0.4 is 5.11 Å². The second-order valence-corrected chi connectivity index (χ2v) is 26.4. The van der Waals surface area contributed by atoms with Crippen LogP contribution in [0.4, 0.5) is 0 Å². The van der Waals surface area contributed by atoms with Crippen molar-refractivity contribution in [2.24, 2.45) is 22.2 Å². The summed E-state index contributed by atoms with van der Waals surface area (Å²) in [7, 11) is 0. The van der Waals surface area contributed by atoms with Gasteiger partial charge in [0, 0.05) is 50.9 Å². The quantitative estimate of drug-likeness (QED) is 0.0312. The van der Waals surface area contributed by atoms with Crippen LogP contribution >= 0.6 is 0 Å². The first kappa shape index (κ1) is 87.2. The van der Waals surface area contributed by atoms with E-state index in [0.29, 0.717) is 44.9 Å². The molecule has 0 aliphatic heterocycles. The molecule has 0 saturated carbocycles. The molecule has 0 aromatic heterocycles. The van der Waals surface area contributed by atoms with Gasteiger partial charge in [-0.1, -0.05) is 216 Å². The highest BCUT2D eigenvalue weighted by molar-refractivity contribution is 5.78. The van der Waals surface area contributed by atoms with Gasteiger partial charge in [0.25, 0.3) is 0 Å². The van der Waals surface area contributed by atoms with Crippen molar-refractivity contribution >= 4 is 53.7 Å². The minimum absolute atomic E-state index is 0.0204. The van der Waals surface area contributed by atoms with Gasteiger partial charge < -0.3 is 47.8 Å². The molecule has 0 heterocycles. The fraction of sp³-hybridized carbons (Fsp3) is 0.878. The molecule has 0 N–H and O–H groups in total. The lowest BCUT2D eigenvalue weighted by Gasteiger charge is -2.36. The number of hydrogen-bond donors (Lipinski definition) is 0. The lowest BCUT2D eigenvalue weighted by atomic mass is 9.75. The third-order valence-electron chi connectivity index (χ3n) is 17.9. The van der Waals surface area contributed by atoms with Gasteiger partial charge in [-0.3, -0.25) is 38.4 Å². The van der Waals surface area contributed by atoms with Crippen LogP contribution in [0.25, 0.3) is 0 Å². The lowest BCUT2D eigenvalue weighted by Crippen LogP contribution is -2.45. The fourth-order valence-electron chi connectivity index (χ4n) is 10.9. The zero-order chi connectivity index (χ0) is 68.4. The minimum atomic E-state index is -1.66. The Bertz CT molecular complexity index is 1890. The molecule has 0 bridgehead atoms. The molecule has 0 aliphatic rings. The molecule has 0 amide bonds. The summed E-state index contributed by atoms with van der Waals surface area (Å²) >= 11 is 0. The molecule has 0 fully saturated rings. The molecule has 0 aromatic rings. The van der Waals surface area contributed by atoms with Crippen molar-refractivity contribution < 1.29 is 86.2 Å². The highest BCUT2D eigenvalue weighted by atomic mass is 16.6. The number of aliphatic carboxylic acids is 1. The standard InChI is InChI=1S/C74H132O18/c1-9-17-22-27-29-34-39-48-67(80)86-55-72(15-7,56-87-68(81)49-40-35-30-28-23-18-10-2)57-88-69(82)50-41-42-51-70(83)91-61-74(52-43-44-63(75)76,53-62(14-6)54-85-64(77)45-36-31-24-19-11-3)71(84)92-60-73(16-8,58-89-65(78)46-37-32-25-20-12-4)59-90-66(79)47-38-33-26-21-13-5/h62H,9-61H2,1-8H3,(H,75,76)/p-1. The fourth-order valence-corrected chi connectivity index (χ4v) is 10.9. The van der Waals surface area contributed by atoms with Gasteiger partial charge in [-0.25, -0.2) is 0 Å². The molecule has 0 aliphatic carbocycles. The second-order valence-electron chi connectivity index (χ2n) is 26.4. The Kier molecular flexibility index (Phi) is 54.7. The first-order valence-electron chi connectivity index (χ1n) is 36.8. The van der Waals surface area contributed by atoms with Gasteiger partial charge in [0.1, 0.15) is 51.7 Å². The molecule has 2 atom stereocenters. The molecule has 92 heavy (non-hydrogen) atoms. The third-order valence-corrected chi connectivity index (χ3v) is 17.9. The van der Waals surface area contributed by atoms with Crippen molar-refractivity contribution in [2.45, 2.75) is 344 Å². The average Bonchev–Trinajstić information content (AvgIpc) is 2.75. The number of hydrogen-bond acceptors (Lipinski definition) is 18. The normalized spacial score (nSPS) is 12.5. The van der Waals surface area contributed by atoms with Crippen LogP contribution in [-0.4, -0.2) is 107 Å². The first-order valence-corrected chi connectivity index (χ1v) is 36.8. The smallest absolute Gasteiger partial charge is 0.315 e. The van der Waals surface area contributed by atoms with Crippen molar-refractivity contribution in [3.63, 3.8) is 0 Å². The van der Waals surface area contributed by atoms with Crippen LogP contribution in [0.1, 0.15) is 344 Å². The summed E-state index contributed by atoms with van der Waals surface area (Å²) in [6.45, 7) is 14.5. The summed E-state index contributed by atoms with van der Waals surface area (Å²) in [4.78, 5) is 119. The van der Waals surface area contributed by atoms with Crippen LogP contribution in [-0.2, 0) is 81.0 Å². The third kappa shape index (κ3) is 46.3. The monoisotopic (exact) mass is 1310 g/mol. The Morgan fingerprint density at radius 2 is 0.543 bits per heavy atom. The maximum atomic E-state index is 15.1. The predicted octanol–water partition coefficient (Wildman–Crippen LogP) is 16.4. The van der Waals surface area contributed by atoms with Crippen LogP contribution in [0.3, 0.4) is 0 Å². The molecule has 0 aromatic carbocycles. The highest BCUT2D eigenvalue weighted by Crippen LogP contribution is 2.38. The summed E-state index contributed by atoms with van der Waals surface area (Å²) in [5, 5.41) is 11.9. The van der Waals surface area contributed by atoms with Crippen LogP contribution in [0.2, 0.25) is 0 Å². The maximum absolute atomic E-state index is 15.1. The van der Waals surface area contributed by atoms with Crippen molar-refractivity contribution in [3.8, 4) is 0 Å². The Balaban J connectivity index is 6.60. The van der Waals surface area contributed by atoms with E-state index in [1.807, 2.05) is 20.8 Å². The average molecular weight is 1310 g/mol. The summed E-state index contributed by atoms with van der Waals surface area (Å²) in [6.07, 6.45) is 30.4. The molecule has 0 saturated heterocycles. The second kappa shape index (κ2) is 57.7. The van der Waals surface area contributed by atoms with E-state index < -0.39 is 71.0 Å². The van der Waals surface area contributed by atoms with Gasteiger partial charge in [0.2, 0.25) is 0 Å². The van der Waals surface area contributed by atoms with Gasteiger partial charge in [-0.2, -0.15) is 0 Å². The molecule has 18 heteroatoms. The summed E-state index contributed by atoms with van der Waals surface area (Å²) in [5.74, 6) is -5.83. The van der Waals surface area contributed by atoms with E-state index in [2.05, 4.69) is 34.6 Å². The maximum Gasteiger partial charge on any atom is 0.315 e. The molecule has 0 spiro atoms. The number of carboxylic acid groups (broad SMARTS) is 1. The zero-order valence-electron chi connectivity index (χ0n) is 59.4. The van der Waals surface area contributed by atoms with Crippen LogP contribution in [0.15, 0.2) is 0 Å². The molecule has 2 unspecified atom stereocenters. The molecule has 18 nitrogen and oxygen atoms in total. The van der Waals surface area contributed by atoms with E-state index in [0.717, 1.165) is 128 Å². The number of unbranched alkanes of at least 4 members (excludes halogenated alkanes) is 25. The molecule has 536 valence electrons.